The molecule has 2 N–H and O–H groups in total. The van der Waals surface area contributed by atoms with Gasteiger partial charge in [-0.25, -0.2) is 0 Å². The molecule has 0 aromatic carbocycles. The molecule has 48 valence electrons. The van der Waals surface area contributed by atoms with Gasteiger partial charge in [0.25, 0.3) is 0 Å². The standard InChI is InChI=1S/C6H14N2/c1-4(2)7-6-5(3)8-6/h4-8H,1-3H3/t5?,6-/m1/s1. The second-order valence-corrected chi connectivity index (χ2v) is 2.75. The SMILES string of the molecule is CC(C)N[C@@H]1NC1C. The van der Waals surface area contributed by atoms with Gasteiger partial charge in [0, 0.05) is 12.1 Å². The maximum atomic E-state index is 3.36. The smallest absolute Gasteiger partial charge is 0.0732 e. The normalized spacial score (nSPS) is 36.0. The van der Waals surface area contributed by atoms with Crippen LogP contribution in [0.25, 0.3) is 0 Å². The zero-order valence-corrected chi connectivity index (χ0v) is 5.73. The largest absolute Gasteiger partial charge is 0.298 e. The Kier molecular flexibility index (Phi) is 1.54. The van der Waals surface area contributed by atoms with Gasteiger partial charge < -0.3 is 0 Å². The van der Waals surface area contributed by atoms with E-state index < -0.39 is 0 Å². The molecule has 2 nitrogen and oxygen atoms in total. The third-order valence-electron chi connectivity index (χ3n) is 1.35. The fourth-order valence-corrected chi connectivity index (χ4v) is 0.779. The van der Waals surface area contributed by atoms with Crippen molar-refractivity contribution in [3.8, 4) is 0 Å². The Morgan fingerprint density at radius 3 is 2.12 bits per heavy atom. The van der Waals surface area contributed by atoms with Gasteiger partial charge in [0.15, 0.2) is 0 Å². The van der Waals surface area contributed by atoms with Crippen LogP contribution in [0.5, 0.6) is 0 Å². The van der Waals surface area contributed by atoms with E-state index in [9.17, 15) is 0 Å². The van der Waals surface area contributed by atoms with Crippen LogP contribution in [0.4, 0.5) is 0 Å². The molecule has 1 rings (SSSR count). The molecule has 0 aliphatic carbocycles. The Bertz CT molecular complexity index is 80.6. The highest BCUT2D eigenvalue weighted by Gasteiger charge is 2.30. The Balaban J connectivity index is 2.05. The molecule has 1 aliphatic rings. The first kappa shape index (κ1) is 6.05. The van der Waals surface area contributed by atoms with Crippen LogP contribution in [0.2, 0.25) is 0 Å². The van der Waals surface area contributed by atoms with E-state index >= 15 is 0 Å². The fraction of sp³-hybridized carbons (Fsp3) is 1.00. The predicted octanol–water partition coefficient (Wildman–Crippen LogP) is 0.302. The average Bonchev–Trinajstić information content (AvgIpc) is 2.17. The number of rotatable bonds is 2. The van der Waals surface area contributed by atoms with Crippen LogP contribution < -0.4 is 10.6 Å². The summed E-state index contributed by atoms with van der Waals surface area (Å²) in [6, 6.07) is 1.30. The molecule has 1 aliphatic heterocycles. The lowest BCUT2D eigenvalue weighted by atomic mass is 10.4. The summed E-state index contributed by atoms with van der Waals surface area (Å²) < 4.78 is 0. The van der Waals surface area contributed by atoms with E-state index in [1.807, 2.05) is 0 Å². The molecule has 8 heavy (non-hydrogen) atoms. The van der Waals surface area contributed by atoms with Crippen LogP contribution in [0, 0.1) is 0 Å². The molecule has 0 aromatic rings. The molecule has 0 saturated carbocycles. The van der Waals surface area contributed by atoms with Gasteiger partial charge in [-0.3, -0.25) is 10.6 Å². The van der Waals surface area contributed by atoms with Gasteiger partial charge in [-0.15, -0.1) is 0 Å². The lowest BCUT2D eigenvalue weighted by Gasteiger charge is -2.03. The van der Waals surface area contributed by atoms with Crippen LogP contribution in [0.3, 0.4) is 0 Å². The van der Waals surface area contributed by atoms with Crippen LogP contribution in [0.15, 0.2) is 0 Å². The number of nitrogens with one attached hydrogen (secondary N) is 2. The van der Waals surface area contributed by atoms with E-state index in [4.69, 9.17) is 0 Å². The first-order valence-corrected chi connectivity index (χ1v) is 3.22. The summed E-state index contributed by atoms with van der Waals surface area (Å²) >= 11 is 0. The zero-order valence-electron chi connectivity index (χ0n) is 5.73. The lowest BCUT2D eigenvalue weighted by molar-refractivity contribution is 0.571. The van der Waals surface area contributed by atoms with Gasteiger partial charge in [0.1, 0.15) is 0 Å². The quantitative estimate of drug-likeness (QED) is 0.506. The van der Waals surface area contributed by atoms with Crippen molar-refractivity contribution in [1.29, 1.82) is 0 Å². The number of hydrogen-bond acceptors (Lipinski definition) is 2. The van der Waals surface area contributed by atoms with E-state index in [0.717, 1.165) is 0 Å². The Labute approximate surface area is 50.7 Å². The van der Waals surface area contributed by atoms with E-state index in [0.29, 0.717) is 18.2 Å². The molecule has 1 fully saturated rings. The third-order valence-corrected chi connectivity index (χ3v) is 1.35. The van der Waals surface area contributed by atoms with Crippen LogP contribution >= 0.6 is 0 Å². The molecule has 1 saturated heterocycles. The monoisotopic (exact) mass is 114 g/mol. The Hall–Kier alpha value is -0.0800. The molecule has 2 atom stereocenters. The van der Waals surface area contributed by atoms with Crippen molar-refractivity contribution < 1.29 is 0 Å². The van der Waals surface area contributed by atoms with Crippen molar-refractivity contribution in [1.82, 2.24) is 10.6 Å². The maximum absolute atomic E-state index is 3.36. The van der Waals surface area contributed by atoms with Crippen LogP contribution in [-0.2, 0) is 0 Å². The highest BCUT2D eigenvalue weighted by Crippen LogP contribution is 2.05. The van der Waals surface area contributed by atoms with Crippen molar-refractivity contribution >= 4 is 0 Å². The van der Waals surface area contributed by atoms with Crippen molar-refractivity contribution in [3.63, 3.8) is 0 Å². The molecule has 2 heteroatoms. The molecule has 0 amide bonds. The van der Waals surface area contributed by atoms with Gasteiger partial charge in [-0.1, -0.05) is 0 Å². The van der Waals surface area contributed by atoms with E-state index in [1.165, 1.54) is 0 Å². The molecule has 1 heterocycles. The second-order valence-electron chi connectivity index (χ2n) is 2.75. The van der Waals surface area contributed by atoms with Gasteiger partial charge in [0.05, 0.1) is 6.17 Å². The minimum atomic E-state index is 0.593. The van der Waals surface area contributed by atoms with Gasteiger partial charge >= 0.3 is 0 Å². The van der Waals surface area contributed by atoms with E-state index in [1.54, 1.807) is 0 Å². The topological polar surface area (TPSA) is 34.0 Å². The van der Waals surface area contributed by atoms with Gasteiger partial charge in [-0.05, 0) is 20.8 Å². The van der Waals surface area contributed by atoms with Gasteiger partial charge in [0.2, 0.25) is 0 Å². The fourth-order valence-electron chi connectivity index (χ4n) is 0.779. The summed E-state index contributed by atoms with van der Waals surface area (Å²) in [4.78, 5) is 0. The Morgan fingerprint density at radius 1 is 1.50 bits per heavy atom. The molecular formula is C6H14N2. The highest BCUT2D eigenvalue weighted by atomic mass is 15.3. The van der Waals surface area contributed by atoms with Crippen molar-refractivity contribution in [2.75, 3.05) is 0 Å². The maximum Gasteiger partial charge on any atom is 0.0732 e. The number of hydrogen-bond donors (Lipinski definition) is 2. The summed E-state index contributed by atoms with van der Waals surface area (Å²) in [5.41, 5.74) is 0. The summed E-state index contributed by atoms with van der Waals surface area (Å²) in [6.07, 6.45) is 0.593. The summed E-state index contributed by atoms with van der Waals surface area (Å²) in [5.74, 6) is 0. The molecule has 0 aromatic heterocycles. The Morgan fingerprint density at radius 2 is 2.00 bits per heavy atom. The molecular weight excluding hydrogens is 100 g/mol. The predicted molar refractivity (Wildman–Crippen MR) is 34.7 cm³/mol. The molecule has 0 bridgehead atoms. The van der Waals surface area contributed by atoms with Crippen molar-refractivity contribution in [2.45, 2.75) is 39.0 Å². The van der Waals surface area contributed by atoms with Crippen molar-refractivity contribution in [3.05, 3.63) is 0 Å². The average molecular weight is 114 g/mol. The highest BCUT2D eigenvalue weighted by molar-refractivity contribution is 4.92. The molecule has 1 unspecified atom stereocenters. The first-order chi connectivity index (χ1) is 3.70. The first-order valence-electron chi connectivity index (χ1n) is 3.22. The minimum Gasteiger partial charge on any atom is -0.298 e. The van der Waals surface area contributed by atoms with E-state index in [-0.39, 0.29) is 0 Å². The lowest BCUT2D eigenvalue weighted by Crippen LogP contribution is -2.28. The summed E-state index contributed by atoms with van der Waals surface area (Å²) in [5, 5.41) is 6.61. The minimum absolute atomic E-state index is 0.593. The second kappa shape index (κ2) is 2.03. The van der Waals surface area contributed by atoms with Crippen molar-refractivity contribution in [2.24, 2.45) is 0 Å². The third kappa shape index (κ3) is 1.46. The molecule has 0 radical (unpaired) electrons. The molecule has 0 spiro atoms. The van der Waals surface area contributed by atoms with Gasteiger partial charge in [-0.2, -0.15) is 0 Å². The van der Waals surface area contributed by atoms with Crippen LogP contribution in [-0.4, -0.2) is 18.2 Å². The zero-order chi connectivity index (χ0) is 6.15. The van der Waals surface area contributed by atoms with E-state index in [2.05, 4.69) is 31.4 Å². The summed E-state index contributed by atoms with van der Waals surface area (Å²) in [6.45, 7) is 6.50. The summed E-state index contributed by atoms with van der Waals surface area (Å²) in [7, 11) is 0. The van der Waals surface area contributed by atoms with Crippen LogP contribution in [0.1, 0.15) is 20.8 Å².